The van der Waals surface area contributed by atoms with E-state index < -0.39 is 16.1 Å². The van der Waals surface area contributed by atoms with Gasteiger partial charge in [-0.2, -0.15) is 0 Å². The molecule has 2 aromatic rings. The highest BCUT2D eigenvalue weighted by molar-refractivity contribution is 7.90. The Morgan fingerprint density at radius 2 is 2.00 bits per heavy atom. The van der Waals surface area contributed by atoms with Crippen molar-refractivity contribution in [1.82, 2.24) is 9.71 Å². The van der Waals surface area contributed by atoms with Gasteiger partial charge >= 0.3 is 0 Å². The van der Waals surface area contributed by atoms with Gasteiger partial charge in [0.05, 0.1) is 23.7 Å². The molecular formula is C16H21ClN2O3S. The summed E-state index contributed by atoms with van der Waals surface area (Å²) in [5, 5.41) is 1.26. The van der Waals surface area contributed by atoms with Crippen LogP contribution in [0.4, 0.5) is 0 Å². The Bertz CT molecular complexity index is 770. The molecule has 0 aliphatic rings. The van der Waals surface area contributed by atoms with Gasteiger partial charge in [-0.3, -0.25) is 4.79 Å². The Kier molecular flexibility index (Phi) is 5.30. The highest BCUT2D eigenvalue weighted by Gasteiger charge is 2.29. The van der Waals surface area contributed by atoms with Crippen molar-refractivity contribution in [3.63, 3.8) is 0 Å². The second kappa shape index (κ2) is 6.73. The van der Waals surface area contributed by atoms with Gasteiger partial charge in [0.25, 0.3) is 5.56 Å². The molecule has 0 bridgehead atoms. The highest BCUT2D eigenvalue weighted by atomic mass is 35.5. The number of pyridine rings is 1. The lowest BCUT2D eigenvalue weighted by Gasteiger charge is -2.26. The van der Waals surface area contributed by atoms with Crippen LogP contribution >= 0.6 is 11.6 Å². The number of aromatic amines is 1. The molecule has 126 valence electrons. The summed E-state index contributed by atoms with van der Waals surface area (Å²) >= 11 is 4.87. The minimum atomic E-state index is -1.27. The molecule has 0 aliphatic carbocycles. The first-order chi connectivity index (χ1) is 10.6. The standard InChI is InChI=1S/C16H21ClN2O3S/c1-9(19-23(21)16(2,3)4)11-6-10-7-12(17)14(22-5)8-13(10)18-15(11)20/h6-9,19H,1-5H3,(H,18,20)/t9-,23-/m1/s1. The van der Waals surface area contributed by atoms with Crippen molar-refractivity contribution in [2.45, 2.75) is 38.5 Å². The number of hydrogen-bond donors (Lipinski definition) is 2. The predicted octanol–water partition coefficient (Wildman–Crippen LogP) is 3.30. The van der Waals surface area contributed by atoms with E-state index in [1.165, 1.54) is 7.11 Å². The van der Waals surface area contributed by atoms with E-state index in [4.69, 9.17) is 16.3 Å². The van der Waals surface area contributed by atoms with Crippen molar-refractivity contribution in [2.75, 3.05) is 7.11 Å². The molecule has 1 aromatic heterocycles. The van der Waals surface area contributed by atoms with Crippen molar-refractivity contribution in [3.05, 3.63) is 39.1 Å². The van der Waals surface area contributed by atoms with Crippen molar-refractivity contribution < 1.29 is 9.29 Å². The van der Waals surface area contributed by atoms with Gasteiger partial charge in [-0.1, -0.05) is 11.6 Å². The molecule has 5 nitrogen and oxygen atoms in total. The van der Waals surface area contributed by atoms with Crippen molar-refractivity contribution in [3.8, 4) is 5.75 Å². The predicted molar refractivity (Wildman–Crippen MR) is 95.6 cm³/mol. The van der Waals surface area contributed by atoms with E-state index in [1.54, 1.807) is 18.2 Å². The number of halogens is 1. The Labute approximate surface area is 143 Å². The number of nitrogens with one attached hydrogen (secondary N) is 2. The quantitative estimate of drug-likeness (QED) is 0.824. The van der Waals surface area contributed by atoms with Crippen LogP contribution in [0.2, 0.25) is 5.02 Å². The van der Waals surface area contributed by atoms with Crippen molar-refractivity contribution in [2.24, 2.45) is 0 Å². The highest BCUT2D eigenvalue weighted by Crippen LogP contribution is 2.29. The Morgan fingerprint density at radius 1 is 1.35 bits per heavy atom. The summed E-state index contributed by atoms with van der Waals surface area (Å²) in [6, 6.07) is 4.83. The summed E-state index contributed by atoms with van der Waals surface area (Å²) in [6.45, 7) is 7.43. The number of rotatable bonds is 4. The molecule has 0 saturated carbocycles. The monoisotopic (exact) mass is 356 g/mol. The third-order valence-corrected chi connectivity index (χ3v) is 5.43. The van der Waals surface area contributed by atoms with E-state index >= 15 is 0 Å². The maximum atomic E-state index is 12.3. The van der Waals surface area contributed by atoms with E-state index in [9.17, 15) is 9.35 Å². The normalized spacial score (nSPS) is 14.7. The second-order valence-electron chi connectivity index (χ2n) is 6.35. The molecule has 0 fully saturated rings. The summed E-state index contributed by atoms with van der Waals surface area (Å²) in [4.78, 5) is 15.1. The second-order valence-corrected chi connectivity index (χ2v) is 8.75. The lowest BCUT2D eigenvalue weighted by atomic mass is 10.1. The topological polar surface area (TPSA) is 77.2 Å². The van der Waals surface area contributed by atoms with Gasteiger partial charge < -0.3 is 14.3 Å². The number of ether oxygens (including phenoxy) is 1. The van der Waals surface area contributed by atoms with Gasteiger partial charge in [-0.25, -0.2) is 0 Å². The largest absolute Gasteiger partial charge is 0.598 e. The molecule has 1 aromatic carbocycles. The lowest BCUT2D eigenvalue weighted by molar-refractivity contribution is 0.415. The molecule has 0 spiro atoms. The molecule has 2 atom stereocenters. The van der Waals surface area contributed by atoms with E-state index in [1.807, 2.05) is 27.7 Å². The van der Waals surface area contributed by atoms with Gasteiger partial charge in [-0.15, -0.1) is 4.72 Å². The Morgan fingerprint density at radius 3 is 2.57 bits per heavy atom. The van der Waals surface area contributed by atoms with E-state index in [-0.39, 0.29) is 11.6 Å². The molecule has 1 heterocycles. The van der Waals surface area contributed by atoms with Crippen LogP contribution in [0.15, 0.2) is 23.0 Å². The van der Waals surface area contributed by atoms with Gasteiger partial charge in [0.15, 0.2) is 0 Å². The van der Waals surface area contributed by atoms with E-state index in [0.717, 1.165) is 5.39 Å². The fraction of sp³-hybridized carbons (Fsp3) is 0.438. The zero-order valence-electron chi connectivity index (χ0n) is 13.8. The van der Waals surface area contributed by atoms with Crippen LogP contribution in [-0.2, 0) is 11.4 Å². The molecular weight excluding hydrogens is 336 g/mol. The van der Waals surface area contributed by atoms with Crippen LogP contribution in [0.5, 0.6) is 5.75 Å². The minimum Gasteiger partial charge on any atom is -0.598 e. The first-order valence-electron chi connectivity index (χ1n) is 7.22. The molecule has 0 radical (unpaired) electrons. The Balaban J connectivity index is 2.42. The average molecular weight is 357 g/mol. The summed E-state index contributed by atoms with van der Waals surface area (Å²) in [6.07, 6.45) is 0. The molecule has 2 N–H and O–H groups in total. The number of hydrogen-bond acceptors (Lipinski definition) is 4. The van der Waals surface area contributed by atoms with Crippen molar-refractivity contribution >= 4 is 33.9 Å². The molecule has 2 rings (SSSR count). The first kappa shape index (κ1) is 18.1. The van der Waals surface area contributed by atoms with Gasteiger partial charge in [0, 0.05) is 28.4 Å². The third-order valence-electron chi connectivity index (χ3n) is 3.45. The smallest absolute Gasteiger partial charge is 0.253 e. The fourth-order valence-electron chi connectivity index (χ4n) is 2.10. The number of benzene rings is 1. The maximum absolute atomic E-state index is 12.3. The van der Waals surface area contributed by atoms with Crippen LogP contribution in [0.3, 0.4) is 0 Å². The summed E-state index contributed by atoms with van der Waals surface area (Å²) in [5.41, 5.74) is 0.924. The first-order valence-corrected chi connectivity index (χ1v) is 8.74. The third kappa shape index (κ3) is 4.01. The van der Waals surface area contributed by atoms with E-state index in [0.29, 0.717) is 21.9 Å². The molecule has 7 heteroatoms. The number of H-pyrrole nitrogens is 1. The van der Waals surface area contributed by atoms with Gasteiger partial charge in [-0.05, 0) is 39.8 Å². The maximum Gasteiger partial charge on any atom is 0.253 e. The van der Waals surface area contributed by atoms with Gasteiger partial charge in [0.2, 0.25) is 0 Å². The SMILES string of the molecule is COc1cc2[nH]c(=O)c([C@@H](C)N[S@+]([O-])C(C)(C)C)cc2cc1Cl. The number of aromatic nitrogens is 1. The molecule has 0 amide bonds. The molecule has 23 heavy (non-hydrogen) atoms. The van der Waals surface area contributed by atoms with Crippen LogP contribution in [0, 0.1) is 0 Å². The summed E-state index contributed by atoms with van der Waals surface area (Å²) in [7, 11) is 1.52. The Hall–Kier alpha value is -1.21. The minimum absolute atomic E-state index is 0.229. The molecule has 0 saturated heterocycles. The van der Waals surface area contributed by atoms with E-state index in [2.05, 4.69) is 9.71 Å². The van der Waals surface area contributed by atoms with Crippen LogP contribution in [0.1, 0.15) is 39.3 Å². The van der Waals surface area contributed by atoms with Crippen LogP contribution in [0.25, 0.3) is 10.9 Å². The summed E-state index contributed by atoms with van der Waals surface area (Å²) < 4.78 is 19.9. The molecule has 0 unspecified atom stereocenters. The fourth-order valence-corrected chi connectivity index (χ4v) is 3.15. The lowest BCUT2D eigenvalue weighted by Crippen LogP contribution is -2.41. The molecule has 0 aliphatic heterocycles. The summed E-state index contributed by atoms with van der Waals surface area (Å²) in [5.74, 6) is 0.502. The average Bonchev–Trinajstić information content (AvgIpc) is 2.45. The van der Waals surface area contributed by atoms with Crippen molar-refractivity contribution in [1.29, 1.82) is 0 Å². The zero-order valence-corrected chi connectivity index (χ0v) is 15.4. The zero-order chi connectivity index (χ0) is 17.4. The number of methoxy groups -OCH3 is 1. The van der Waals surface area contributed by atoms with Crippen LogP contribution in [-0.4, -0.2) is 21.4 Å². The number of fused-ring (bicyclic) bond motifs is 1. The van der Waals surface area contributed by atoms with Crippen LogP contribution < -0.4 is 15.0 Å². The van der Waals surface area contributed by atoms with Gasteiger partial charge in [0.1, 0.15) is 10.5 Å².